The molecule has 0 amide bonds. The van der Waals surface area contributed by atoms with Crippen molar-refractivity contribution in [3.63, 3.8) is 0 Å². The van der Waals surface area contributed by atoms with Gasteiger partial charge in [0.05, 0.1) is 13.2 Å². The third-order valence-corrected chi connectivity index (χ3v) is 2.39. The van der Waals surface area contributed by atoms with E-state index in [1.165, 1.54) is 5.57 Å². The highest BCUT2D eigenvalue weighted by molar-refractivity contribution is 5.40. The summed E-state index contributed by atoms with van der Waals surface area (Å²) >= 11 is 0. The van der Waals surface area contributed by atoms with Gasteiger partial charge < -0.3 is 4.74 Å². The smallest absolute Gasteiger partial charge is 0.127 e. The minimum absolute atomic E-state index is 0.0104. The normalized spacial score (nSPS) is 24.5. The first-order chi connectivity index (χ1) is 5.29. The zero-order valence-electron chi connectivity index (χ0n) is 6.61. The van der Waals surface area contributed by atoms with Gasteiger partial charge in [0, 0.05) is 5.57 Å². The molecule has 0 bridgehead atoms. The number of hydrogen-bond donors (Lipinski definition) is 0. The monoisotopic (exact) mass is 154 g/mol. The van der Waals surface area contributed by atoms with Crippen molar-refractivity contribution in [3.05, 3.63) is 22.5 Å². The Labute approximate surface area is 65.5 Å². The van der Waals surface area contributed by atoms with Gasteiger partial charge in [-0.05, 0) is 30.9 Å². The van der Waals surface area contributed by atoms with Gasteiger partial charge in [0.15, 0.2) is 0 Å². The summed E-state index contributed by atoms with van der Waals surface area (Å²) in [5.74, 6) is -0.0104. The van der Waals surface area contributed by atoms with Gasteiger partial charge >= 0.3 is 0 Å². The Balaban J connectivity index is 2.38. The lowest BCUT2D eigenvalue weighted by atomic mass is 9.94. The Morgan fingerprint density at radius 3 is 2.91 bits per heavy atom. The van der Waals surface area contributed by atoms with Crippen LogP contribution >= 0.6 is 0 Å². The van der Waals surface area contributed by atoms with Crippen LogP contribution in [0.3, 0.4) is 0 Å². The quantitative estimate of drug-likeness (QED) is 0.520. The van der Waals surface area contributed by atoms with E-state index in [0.717, 1.165) is 24.0 Å². The molecule has 0 saturated carbocycles. The summed E-state index contributed by atoms with van der Waals surface area (Å²) in [5, 5.41) is 0. The maximum Gasteiger partial charge on any atom is 0.127 e. The lowest BCUT2D eigenvalue weighted by molar-refractivity contribution is 0.203. The van der Waals surface area contributed by atoms with Gasteiger partial charge in [-0.1, -0.05) is 0 Å². The van der Waals surface area contributed by atoms with Gasteiger partial charge in [-0.3, -0.25) is 0 Å². The molecule has 1 aliphatic carbocycles. The van der Waals surface area contributed by atoms with Crippen LogP contribution in [0.2, 0.25) is 0 Å². The predicted octanol–water partition coefficient (Wildman–Crippen LogP) is 2.35. The van der Waals surface area contributed by atoms with Crippen molar-refractivity contribution in [1.82, 2.24) is 0 Å². The fourth-order valence-corrected chi connectivity index (χ4v) is 1.61. The summed E-state index contributed by atoms with van der Waals surface area (Å²) in [4.78, 5) is 0. The largest absolute Gasteiger partial charge is 0.372 e. The van der Waals surface area contributed by atoms with Crippen LogP contribution < -0.4 is 0 Å². The van der Waals surface area contributed by atoms with Crippen molar-refractivity contribution < 1.29 is 9.13 Å². The summed E-state index contributed by atoms with van der Waals surface area (Å²) in [6.45, 7) is 2.99. The molecule has 2 heteroatoms. The highest BCUT2D eigenvalue weighted by atomic mass is 19.1. The number of halogens is 1. The topological polar surface area (TPSA) is 9.23 Å². The van der Waals surface area contributed by atoms with Crippen LogP contribution in [-0.2, 0) is 4.74 Å². The summed E-state index contributed by atoms with van der Waals surface area (Å²) in [6, 6.07) is 0. The summed E-state index contributed by atoms with van der Waals surface area (Å²) < 4.78 is 18.4. The van der Waals surface area contributed by atoms with E-state index in [2.05, 4.69) is 0 Å². The van der Waals surface area contributed by atoms with Gasteiger partial charge in [0.1, 0.15) is 5.83 Å². The number of rotatable bonds is 0. The van der Waals surface area contributed by atoms with Crippen molar-refractivity contribution in [2.75, 3.05) is 13.2 Å². The van der Waals surface area contributed by atoms with Crippen molar-refractivity contribution >= 4 is 0 Å². The molecule has 0 fully saturated rings. The molecule has 1 heterocycles. The van der Waals surface area contributed by atoms with Crippen molar-refractivity contribution in [2.24, 2.45) is 0 Å². The Morgan fingerprint density at radius 2 is 2.09 bits per heavy atom. The van der Waals surface area contributed by atoms with Crippen LogP contribution in [0.1, 0.15) is 19.8 Å². The molecule has 60 valence electrons. The van der Waals surface area contributed by atoms with Gasteiger partial charge in [0.25, 0.3) is 0 Å². The van der Waals surface area contributed by atoms with Crippen LogP contribution in [0.25, 0.3) is 0 Å². The fraction of sp³-hybridized carbons (Fsp3) is 0.556. The summed E-state index contributed by atoms with van der Waals surface area (Å²) in [6.07, 6.45) is 1.86. The van der Waals surface area contributed by atoms with E-state index in [1.54, 1.807) is 0 Å². The second kappa shape index (κ2) is 2.45. The van der Waals surface area contributed by atoms with Crippen LogP contribution in [0.15, 0.2) is 22.5 Å². The van der Waals surface area contributed by atoms with Gasteiger partial charge in [-0.25, -0.2) is 4.39 Å². The van der Waals surface area contributed by atoms with Crippen molar-refractivity contribution in [3.8, 4) is 0 Å². The van der Waals surface area contributed by atoms with Crippen molar-refractivity contribution in [2.45, 2.75) is 19.8 Å². The van der Waals surface area contributed by atoms with E-state index >= 15 is 0 Å². The molecule has 0 atom stereocenters. The highest BCUT2D eigenvalue weighted by Crippen LogP contribution is 2.34. The zero-order chi connectivity index (χ0) is 7.84. The number of ether oxygens (including phenoxy) is 1. The Morgan fingerprint density at radius 1 is 1.27 bits per heavy atom. The Hall–Kier alpha value is -0.630. The van der Waals surface area contributed by atoms with E-state index in [0.29, 0.717) is 13.2 Å². The molecule has 0 spiro atoms. The number of allylic oxidation sites excluding steroid dienone is 1. The molecular formula is C9H11FO. The SMILES string of the molecule is CC1=C(F)C2=C(CC1)COC2. The van der Waals surface area contributed by atoms with E-state index in [-0.39, 0.29) is 5.83 Å². The lowest BCUT2D eigenvalue weighted by Gasteiger charge is -2.12. The lowest BCUT2D eigenvalue weighted by Crippen LogP contribution is -1.99. The molecule has 1 aliphatic heterocycles. The van der Waals surface area contributed by atoms with Crippen LogP contribution in [0.4, 0.5) is 4.39 Å². The van der Waals surface area contributed by atoms with Crippen LogP contribution in [0.5, 0.6) is 0 Å². The Bertz CT molecular complexity index is 250. The van der Waals surface area contributed by atoms with Crippen LogP contribution in [0, 0.1) is 0 Å². The zero-order valence-corrected chi connectivity index (χ0v) is 6.61. The average Bonchev–Trinajstić information content (AvgIpc) is 2.45. The molecular weight excluding hydrogens is 143 g/mol. The minimum atomic E-state index is -0.0104. The molecule has 0 aromatic heterocycles. The highest BCUT2D eigenvalue weighted by Gasteiger charge is 2.23. The van der Waals surface area contributed by atoms with Gasteiger partial charge in [-0.2, -0.15) is 0 Å². The van der Waals surface area contributed by atoms with E-state index in [9.17, 15) is 4.39 Å². The summed E-state index contributed by atoms with van der Waals surface area (Å²) in [5.41, 5.74) is 2.89. The molecule has 0 radical (unpaired) electrons. The average molecular weight is 154 g/mol. The molecule has 2 rings (SSSR count). The fourth-order valence-electron chi connectivity index (χ4n) is 1.61. The Kier molecular flexibility index (Phi) is 1.57. The maximum atomic E-state index is 13.3. The first-order valence-electron chi connectivity index (χ1n) is 3.93. The second-order valence-corrected chi connectivity index (χ2v) is 3.17. The second-order valence-electron chi connectivity index (χ2n) is 3.17. The molecule has 0 aromatic rings. The van der Waals surface area contributed by atoms with E-state index in [4.69, 9.17) is 4.74 Å². The standard InChI is InChI=1S/C9H11FO/c1-6-2-3-7-4-11-5-8(7)9(6)10/h2-5H2,1H3. The molecule has 0 unspecified atom stereocenters. The molecule has 11 heavy (non-hydrogen) atoms. The molecule has 0 aromatic carbocycles. The maximum absolute atomic E-state index is 13.3. The third kappa shape index (κ3) is 1.02. The third-order valence-electron chi connectivity index (χ3n) is 2.39. The number of hydrogen-bond acceptors (Lipinski definition) is 1. The molecule has 0 saturated heterocycles. The predicted molar refractivity (Wildman–Crippen MR) is 40.9 cm³/mol. The van der Waals surface area contributed by atoms with Crippen LogP contribution in [-0.4, -0.2) is 13.2 Å². The summed E-state index contributed by atoms with van der Waals surface area (Å²) in [7, 11) is 0. The molecule has 0 N–H and O–H groups in total. The van der Waals surface area contributed by atoms with E-state index in [1.807, 2.05) is 6.92 Å². The van der Waals surface area contributed by atoms with Gasteiger partial charge in [-0.15, -0.1) is 0 Å². The first kappa shape index (κ1) is 7.04. The van der Waals surface area contributed by atoms with Gasteiger partial charge in [0.2, 0.25) is 0 Å². The van der Waals surface area contributed by atoms with Crippen molar-refractivity contribution in [1.29, 1.82) is 0 Å². The molecule has 2 aliphatic rings. The molecule has 1 nitrogen and oxygen atoms in total. The van der Waals surface area contributed by atoms with E-state index < -0.39 is 0 Å². The first-order valence-corrected chi connectivity index (χ1v) is 3.93. The minimum Gasteiger partial charge on any atom is -0.372 e.